The molecule has 0 saturated carbocycles. The molecule has 2 rings (SSSR count). The summed E-state index contributed by atoms with van der Waals surface area (Å²) in [5.41, 5.74) is 0. The van der Waals surface area contributed by atoms with E-state index in [9.17, 15) is 8.42 Å². The third-order valence-electron chi connectivity index (χ3n) is 2.96. The Labute approximate surface area is 95.1 Å². The van der Waals surface area contributed by atoms with Crippen molar-refractivity contribution in [1.29, 1.82) is 0 Å². The summed E-state index contributed by atoms with van der Waals surface area (Å²) in [7, 11) is -1.46. The predicted molar refractivity (Wildman–Crippen MR) is 59.4 cm³/mol. The van der Waals surface area contributed by atoms with Crippen LogP contribution in [0.4, 0.5) is 0 Å². The average molecular weight is 244 g/mol. The van der Waals surface area contributed by atoms with Gasteiger partial charge in [0.2, 0.25) is 0 Å². The number of hydrogen-bond donors (Lipinski definition) is 2. The SMILES string of the molecule is CNC1CCN(S(=O)(=O)c2ccn[nH]2)CC1. The highest BCUT2D eigenvalue weighted by Gasteiger charge is 2.29. The number of nitrogens with one attached hydrogen (secondary N) is 2. The van der Waals surface area contributed by atoms with Gasteiger partial charge in [0.15, 0.2) is 5.03 Å². The van der Waals surface area contributed by atoms with Gasteiger partial charge in [-0.25, -0.2) is 8.42 Å². The molecule has 2 N–H and O–H groups in total. The smallest absolute Gasteiger partial charge is 0.259 e. The summed E-state index contributed by atoms with van der Waals surface area (Å²) in [4.78, 5) is 0. The van der Waals surface area contributed by atoms with Crippen LogP contribution in [0.2, 0.25) is 0 Å². The van der Waals surface area contributed by atoms with Crippen LogP contribution in [0.25, 0.3) is 0 Å². The molecule has 0 radical (unpaired) electrons. The van der Waals surface area contributed by atoms with Crippen molar-refractivity contribution in [3.63, 3.8) is 0 Å². The van der Waals surface area contributed by atoms with Crippen molar-refractivity contribution in [2.75, 3.05) is 20.1 Å². The largest absolute Gasteiger partial charge is 0.317 e. The highest BCUT2D eigenvalue weighted by Crippen LogP contribution is 2.18. The summed E-state index contributed by atoms with van der Waals surface area (Å²) >= 11 is 0. The first kappa shape index (κ1) is 11.6. The van der Waals surface area contributed by atoms with Crippen LogP contribution >= 0.6 is 0 Å². The summed E-state index contributed by atoms with van der Waals surface area (Å²) in [5, 5.41) is 9.52. The van der Waals surface area contributed by atoms with E-state index in [1.54, 1.807) is 0 Å². The van der Waals surface area contributed by atoms with E-state index in [1.165, 1.54) is 16.6 Å². The van der Waals surface area contributed by atoms with E-state index in [2.05, 4.69) is 15.5 Å². The van der Waals surface area contributed by atoms with Crippen molar-refractivity contribution < 1.29 is 8.42 Å². The molecule has 0 atom stereocenters. The van der Waals surface area contributed by atoms with Gasteiger partial charge in [-0.3, -0.25) is 5.10 Å². The molecule has 0 bridgehead atoms. The van der Waals surface area contributed by atoms with Crippen molar-refractivity contribution >= 4 is 10.0 Å². The van der Waals surface area contributed by atoms with Crippen molar-refractivity contribution in [2.24, 2.45) is 0 Å². The second kappa shape index (κ2) is 4.52. The molecule has 1 aromatic heterocycles. The van der Waals surface area contributed by atoms with Crippen molar-refractivity contribution in [3.8, 4) is 0 Å². The molecule has 90 valence electrons. The Bertz CT molecular complexity index is 420. The fraction of sp³-hybridized carbons (Fsp3) is 0.667. The Morgan fingerprint density at radius 2 is 2.19 bits per heavy atom. The van der Waals surface area contributed by atoms with E-state index in [1.807, 2.05) is 7.05 Å². The topological polar surface area (TPSA) is 78.1 Å². The Morgan fingerprint density at radius 3 is 2.69 bits per heavy atom. The Kier molecular flexibility index (Phi) is 3.27. The molecule has 2 heterocycles. The lowest BCUT2D eigenvalue weighted by Crippen LogP contribution is -2.43. The molecule has 0 amide bonds. The normalized spacial score (nSPS) is 20.1. The summed E-state index contributed by atoms with van der Waals surface area (Å²) in [6.45, 7) is 1.12. The van der Waals surface area contributed by atoms with Crippen LogP contribution in [0.5, 0.6) is 0 Å². The predicted octanol–water partition coefficient (Wildman–Crippen LogP) is -0.218. The van der Waals surface area contributed by atoms with Crippen molar-refractivity contribution in [3.05, 3.63) is 12.3 Å². The Hall–Kier alpha value is -0.920. The molecule has 7 heteroatoms. The lowest BCUT2D eigenvalue weighted by molar-refractivity contribution is 0.298. The van der Waals surface area contributed by atoms with Gasteiger partial charge in [-0.05, 0) is 26.0 Å². The maximum absolute atomic E-state index is 12.1. The monoisotopic (exact) mass is 244 g/mol. The third kappa shape index (κ3) is 2.11. The summed E-state index contributed by atoms with van der Waals surface area (Å²) < 4.78 is 25.7. The number of nitrogens with zero attached hydrogens (tertiary/aromatic N) is 2. The molecule has 0 unspecified atom stereocenters. The summed E-state index contributed by atoms with van der Waals surface area (Å²) in [6, 6.07) is 1.91. The van der Waals surface area contributed by atoms with Gasteiger partial charge in [-0.15, -0.1) is 0 Å². The second-order valence-corrected chi connectivity index (χ2v) is 5.79. The first-order valence-corrected chi connectivity index (χ1v) is 6.75. The minimum absolute atomic E-state index is 0.176. The van der Waals surface area contributed by atoms with Gasteiger partial charge in [0, 0.05) is 19.1 Å². The number of H-pyrrole nitrogens is 1. The van der Waals surface area contributed by atoms with Gasteiger partial charge in [0.05, 0.1) is 6.20 Å². The number of piperidine rings is 1. The Balaban J connectivity index is 2.09. The first-order chi connectivity index (χ1) is 7.64. The zero-order valence-electron chi connectivity index (χ0n) is 9.18. The highest BCUT2D eigenvalue weighted by atomic mass is 32.2. The number of rotatable bonds is 3. The van der Waals surface area contributed by atoms with Gasteiger partial charge in [-0.1, -0.05) is 0 Å². The summed E-state index contributed by atoms with van der Waals surface area (Å²) in [6.07, 6.45) is 3.15. The van der Waals surface area contributed by atoms with Crippen molar-refractivity contribution in [2.45, 2.75) is 23.9 Å². The average Bonchev–Trinajstić information content (AvgIpc) is 2.83. The molecule has 1 aliphatic heterocycles. The fourth-order valence-corrected chi connectivity index (χ4v) is 3.28. The van der Waals surface area contributed by atoms with E-state index in [0.717, 1.165) is 12.8 Å². The fourth-order valence-electron chi connectivity index (χ4n) is 1.91. The molecule has 1 aliphatic rings. The zero-order valence-corrected chi connectivity index (χ0v) is 10.00. The summed E-state index contributed by atoms with van der Waals surface area (Å²) in [5.74, 6) is 0. The van der Waals surface area contributed by atoms with Gasteiger partial charge in [0.25, 0.3) is 10.0 Å². The van der Waals surface area contributed by atoms with Crippen LogP contribution in [0.1, 0.15) is 12.8 Å². The maximum atomic E-state index is 12.1. The standard InChI is InChI=1S/C9H16N4O2S/c1-10-8-3-6-13(7-4-8)16(14,15)9-2-5-11-12-9/h2,5,8,10H,3-4,6-7H2,1H3,(H,11,12). The number of aromatic nitrogens is 2. The molecular weight excluding hydrogens is 228 g/mol. The Morgan fingerprint density at radius 1 is 1.50 bits per heavy atom. The minimum Gasteiger partial charge on any atom is -0.317 e. The first-order valence-electron chi connectivity index (χ1n) is 5.31. The molecule has 6 nitrogen and oxygen atoms in total. The molecular formula is C9H16N4O2S. The zero-order chi connectivity index (χ0) is 11.6. The van der Waals surface area contributed by atoms with E-state index in [-0.39, 0.29) is 5.03 Å². The van der Waals surface area contributed by atoms with Crippen LogP contribution in [0, 0.1) is 0 Å². The maximum Gasteiger partial charge on any atom is 0.259 e. The van der Waals surface area contributed by atoms with Gasteiger partial charge in [-0.2, -0.15) is 9.40 Å². The van der Waals surface area contributed by atoms with Crippen LogP contribution < -0.4 is 5.32 Å². The molecule has 0 aromatic carbocycles. The quantitative estimate of drug-likeness (QED) is 0.770. The van der Waals surface area contributed by atoms with Crippen molar-refractivity contribution in [1.82, 2.24) is 19.8 Å². The lowest BCUT2D eigenvalue weighted by atomic mass is 10.1. The van der Waals surface area contributed by atoms with E-state index < -0.39 is 10.0 Å². The number of sulfonamides is 1. The molecule has 1 fully saturated rings. The molecule has 1 saturated heterocycles. The van der Waals surface area contributed by atoms with Crippen LogP contribution in [-0.4, -0.2) is 49.1 Å². The second-order valence-electron chi connectivity index (χ2n) is 3.89. The third-order valence-corrected chi connectivity index (χ3v) is 4.78. The van der Waals surface area contributed by atoms with Crippen LogP contribution in [0.15, 0.2) is 17.3 Å². The van der Waals surface area contributed by atoms with Crippen LogP contribution in [0.3, 0.4) is 0 Å². The highest BCUT2D eigenvalue weighted by molar-refractivity contribution is 7.89. The molecule has 0 spiro atoms. The molecule has 1 aromatic rings. The van der Waals surface area contributed by atoms with Gasteiger partial charge < -0.3 is 5.32 Å². The van der Waals surface area contributed by atoms with Gasteiger partial charge in [0.1, 0.15) is 0 Å². The number of hydrogen-bond acceptors (Lipinski definition) is 4. The minimum atomic E-state index is -3.36. The van der Waals surface area contributed by atoms with E-state index in [0.29, 0.717) is 19.1 Å². The van der Waals surface area contributed by atoms with Gasteiger partial charge >= 0.3 is 0 Å². The van der Waals surface area contributed by atoms with E-state index >= 15 is 0 Å². The molecule has 16 heavy (non-hydrogen) atoms. The lowest BCUT2D eigenvalue weighted by Gasteiger charge is -2.30. The van der Waals surface area contributed by atoms with Crippen LogP contribution in [-0.2, 0) is 10.0 Å². The van der Waals surface area contributed by atoms with E-state index in [4.69, 9.17) is 0 Å². The molecule has 0 aliphatic carbocycles. The number of aromatic amines is 1.